The average molecular weight is 403 g/mol. The molecule has 1 aliphatic heterocycles. The van der Waals surface area contributed by atoms with Crippen LogP contribution in [0.1, 0.15) is 63.9 Å². The summed E-state index contributed by atoms with van der Waals surface area (Å²) in [6.45, 7) is -0.988. The van der Waals surface area contributed by atoms with Crippen LogP contribution in [0, 0.1) is 17.6 Å². The summed E-state index contributed by atoms with van der Waals surface area (Å²) in [6, 6.07) is 6.56. The van der Waals surface area contributed by atoms with Gasteiger partial charge in [0.2, 0.25) is 0 Å². The second-order valence-electron chi connectivity index (χ2n) is 8.37. The van der Waals surface area contributed by atoms with Crippen LogP contribution in [0.4, 0.5) is 17.6 Å². The second-order valence-corrected chi connectivity index (χ2v) is 11.8. The SMILES string of the molecule is CCC[Si@H]1CC[C@H](C2(c3cc(F)c(OC(F)F)c(F)c3)CCCCC2)CC1. The molecule has 0 aromatic heterocycles. The summed E-state index contributed by atoms with van der Waals surface area (Å²) >= 11 is 0. The van der Waals surface area contributed by atoms with Crippen LogP contribution >= 0.6 is 0 Å². The molecule has 6 heteroatoms. The van der Waals surface area contributed by atoms with Gasteiger partial charge in [-0.15, -0.1) is 0 Å². The first kappa shape index (κ1) is 20.7. The highest BCUT2D eigenvalue weighted by atomic mass is 28.3. The Morgan fingerprint density at radius 1 is 1.07 bits per heavy atom. The van der Waals surface area contributed by atoms with Crippen LogP contribution in [-0.2, 0) is 5.41 Å². The van der Waals surface area contributed by atoms with Gasteiger partial charge in [-0.25, -0.2) is 8.78 Å². The van der Waals surface area contributed by atoms with Crippen molar-refractivity contribution in [2.24, 2.45) is 5.92 Å². The molecule has 0 radical (unpaired) electrons. The first-order valence-corrected chi connectivity index (χ1v) is 12.9. The fraction of sp³-hybridized carbons (Fsp3) is 0.714. The third-order valence-corrected chi connectivity index (χ3v) is 10.5. The molecule has 1 heterocycles. The van der Waals surface area contributed by atoms with Crippen molar-refractivity contribution in [3.8, 4) is 5.75 Å². The highest BCUT2D eigenvalue weighted by Gasteiger charge is 2.43. The van der Waals surface area contributed by atoms with E-state index in [1.54, 1.807) is 0 Å². The Hall–Kier alpha value is -1.04. The van der Waals surface area contributed by atoms with Crippen molar-refractivity contribution < 1.29 is 22.3 Å². The normalized spacial score (nSPS) is 25.6. The molecular weight excluding hydrogens is 372 g/mol. The molecule has 1 aliphatic carbocycles. The van der Waals surface area contributed by atoms with Crippen molar-refractivity contribution in [3.05, 3.63) is 29.3 Å². The maximum Gasteiger partial charge on any atom is 0.387 e. The Labute approximate surface area is 161 Å². The van der Waals surface area contributed by atoms with Crippen LogP contribution in [0.5, 0.6) is 5.75 Å². The van der Waals surface area contributed by atoms with Crippen molar-refractivity contribution in [2.45, 2.75) is 88.4 Å². The zero-order valence-corrected chi connectivity index (χ0v) is 17.2. The Kier molecular flexibility index (Phi) is 6.87. The highest BCUT2D eigenvalue weighted by Crippen LogP contribution is 2.51. The van der Waals surface area contributed by atoms with Crippen LogP contribution in [0.2, 0.25) is 18.1 Å². The van der Waals surface area contributed by atoms with E-state index in [9.17, 15) is 17.6 Å². The maximum absolute atomic E-state index is 14.4. The molecule has 0 N–H and O–H groups in total. The van der Waals surface area contributed by atoms with Gasteiger partial charge in [0.15, 0.2) is 17.4 Å². The molecular formula is C21H30F4OSi. The largest absolute Gasteiger partial charge is 0.429 e. The summed E-state index contributed by atoms with van der Waals surface area (Å²) in [7, 11) is -0.639. The lowest BCUT2D eigenvalue weighted by molar-refractivity contribution is -0.0547. The molecule has 1 aromatic rings. The van der Waals surface area contributed by atoms with Crippen molar-refractivity contribution in [1.29, 1.82) is 0 Å². The van der Waals surface area contributed by atoms with Gasteiger partial charge >= 0.3 is 6.61 Å². The summed E-state index contributed by atoms with van der Waals surface area (Å²) < 4.78 is 57.8. The predicted molar refractivity (Wildman–Crippen MR) is 102 cm³/mol. The molecule has 0 atom stereocenters. The summed E-state index contributed by atoms with van der Waals surface area (Å²) in [6.07, 6.45) is 8.70. The predicted octanol–water partition coefficient (Wildman–Crippen LogP) is 6.82. The standard InChI is InChI=1S/C21H30F4OSi/c1-2-10-27-11-6-15(7-12-27)21(8-4-3-5-9-21)16-13-17(22)19(18(23)14-16)26-20(24)25/h13-15,20,27H,2-12H2,1H3/t15-,27-. The van der Waals surface area contributed by atoms with E-state index in [1.807, 2.05) is 0 Å². The third kappa shape index (κ3) is 4.52. The molecule has 0 unspecified atom stereocenters. The van der Waals surface area contributed by atoms with Crippen molar-refractivity contribution in [2.75, 3.05) is 0 Å². The number of hydrogen-bond donors (Lipinski definition) is 0. The van der Waals surface area contributed by atoms with Gasteiger partial charge in [0, 0.05) is 8.80 Å². The van der Waals surface area contributed by atoms with Crippen LogP contribution in [0.3, 0.4) is 0 Å². The molecule has 1 aromatic carbocycles. The van der Waals surface area contributed by atoms with E-state index < -0.39 is 32.8 Å². The summed E-state index contributed by atoms with van der Waals surface area (Å²) in [4.78, 5) is 0. The average Bonchev–Trinajstić information content (AvgIpc) is 2.66. The first-order valence-electron chi connectivity index (χ1n) is 10.4. The maximum atomic E-state index is 14.4. The minimum absolute atomic E-state index is 0.213. The third-order valence-electron chi connectivity index (χ3n) is 6.85. The molecule has 27 heavy (non-hydrogen) atoms. The smallest absolute Gasteiger partial charge is 0.387 e. The molecule has 0 bridgehead atoms. The molecule has 1 saturated heterocycles. The van der Waals surface area contributed by atoms with E-state index in [4.69, 9.17) is 0 Å². The molecule has 1 saturated carbocycles. The minimum atomic E-state index is -3.23. The van der Waals surface area contributed by atoms with E-state index in [-0.39, 0.29) is 5.41 Å². The van der Waals surface area contributed by atoms with Crippen LogP contribution in [0.25, 0.3) is 0 Å². The van der Waals surface area contributed by atoms with Crippen molar-refractivity contribution in [1.82, 2.24) is 0 Å². The van der Waals surface area contributed by atoms with Gasteiger partial charge in [-0.1, -0.05) is 63.6 Å². The summed E-state index contributed by atoms with van der Waals surface area (Å²) in [5, 5.41) is 0. The van der Waals surface area contributed by atoms with E-state index in [0.717, 1.165) is 44.9 Å². The van der Waals surface area contributed by atoms with Gasteiger partial charge in [0.25, 0.3) is 0 Å². The molecule has 2 aliphatic rings. The topological polar surface area (TPSA) is 9.23 Å². The van der Waals surface area contributed by atoms with Crippen molar-refractivity contribution >= 4 is 8.80 Å². The van der Waals surface area contributed by atoms with E-state index in [2.05, 4.69) is 11.7 Å². The fourth-order valence-corrected chi connectivity index (χ4v) is 9.01. The Balaban J connectivity index is 1.89. The quantitative estimate of drug-likeness (QED) is 0.375. The minimum Gasteiger partial charge on any atom is -0.429 e. The molecule has 2 fully saturated rings. The highest BCUT2D eigenvalue weighted by molar-refractivity contribution is 6.58. The van der Waals surface area contributed by atoms with Crippen LogP contribution in [0.15, 0.2) is 12.1 Å². The Morgan fingerprint density at radius 2 is 1.67 bits per heavy atom. The zero-order valence-electron chi connectivity index (χ0n) is 16.1. The molecule has 1 nitrogen and oxygen atoms in total. The van der Waals surface area contributed by atoms with Gasteiger partial charge in [-0.2, -0.15) is 8.78 Å². The fourth-order valence-electron chi connectivity index (χ4n) is 5.58. The number of ether oxygens (including phenoxy) is 1. The van der Waals surface area contributed by atoms with Crippen molar-refractivity contribution in [3.63, 3.8) is 0 Å². The number of benzene rings is 1. The van der Waals surface area contributed by atoms with Gasteiger partial charge in [0.1, 0.15) is 0 Å². The lowest BCUT2D eigenvalue weighted by Crippen LogP contribution is -2.40. The van der Waals surface area contributed by atoms with E-state index in [0.29, 0.717) is 11.5 Å². The second kappa shape index (κ2) is 8.97. The number of rotatable bonds is 6. The Morgan fingerprint density at radius 3 is 2.19 bits per heavy atom. The monoisotopic (exact) mass is 402 g/mol. The molecule has 0 amide bonds. The molecule has 3 rings (SSSR count). The first-order chi connectivity index (χ1) is 13.0. The van der Waals surface area contributed by atoms with Gasteiger partial charge in [-0.05, 0) is 41.9 Å². The van der Waals surface area contributed by atoms with Gasteiger partial charge < -0.3 is 4.74 Å². The van der Waals surface area contributed by atoms with Crippen LogP contribution in [-0.4, -0.2) is 15.4 Å². The van der Waals surface area contributed by atoms with E-state index in [1.165, 1.54) is 36.7 Å². The number of halogens is 4. The van der Waals surface area contributed by atoms with Crippen LogP contribution < -0.4 is 4.74 Å². The van der Waals surface area contributed by atoms with E-state index >= 15 is 0 Å². The van der Waals surface area contributed by atoms with Gasteiger partial charge in [-0.3, -0.25) is 0 Å². The Bertz CT molecular complexity index is 600. The summed E-state index contributed by atoms with van der Waals surface area (Å²) in [5.74, 6) is -2.54. The van der Waals surface area contributed by atoms with Gasteiger partial charge in [0.05, 0.1) is 0 Å². The number of alkyl halides is 2. The lowest BCUT2D eigenvalue weighted by Gasteiger charge is -2.47. The molecule has 0 spiro atoms. The zero-order chi connectivity index (χ0) is 19.4. The lowest BCUT2D eigenvalue weighted by atomic mass is 9.60. The molecule has 152 valence electrons. The summed E-state index contributed by atoms with van der Waals surface area (Å²) in [5.41, 5.74) is 0.439. The number of hydrogen-bond acceptors (Lipinski definition) is 1.